The maximum Gasteiger partial charge on any atom is 0.186 e. The zero-order chi connectivity index (χ0) is 22.0. The SMILES string of the molecule is CCCCCCCCCCCCCCCCCCO[C@H]1O[C@H](CO)[C@@H](O)[C@H](O)[C@H]1O. The molecule has 6 nitrogen and oxygen atoms in total. The number of hydrogen-bond acceptors (Lipinski definition) is 6. The van der Waals surface area contributed by atoms with Gasteiger partial charge in [0.25, 0.3) is 0 Å². The molecule has 1 aliphatic heterocycles. The number of unbranched alkanes of at least 4 members (excludes halogenated alkanes) is 15. The Morgan fingerprint density at radius 1 is 0.600 bits per heavy atom. The smallest absolute Gasteiger partial charge is 0.186 e. The summed E-state index contributed by atoms with van der Waals surface area (Å²) in [6, 6.07) is 0. The molecule has 0 aliphatic carbocycles. The maximum atomic E-state index is 9.91. The van der Waals surface area contributed by atoms with Gasteiger partial charge < -0.3 is 29.9 Å². The predicted octanol–water partition coefficient (Wildman–Crippen LogP) is 4.06. The van der Waals surface area contributed by atoms with Gasteiger partial charge in [-0.15, -0.1) is 0 Å². The van der Waals surface area contributed by atoms with Gasteiger partial charge in [0.2, 0.25) is 0 Å². The molecule has 0 radical (unpaired) electrons. The van der Waals surface area contributed by atoms with Crippen molar-refractivity contribution in [3.63, 3.8) is 0 Å². The van der Waals surface area contributed by atoms with Crippen molar-refractivity contribution < 1.29 is 29.9 Å². The Balaban J connectivity index is 1.85. The standard InChI is InChI=1S/C24H48O6/c1-2-3-4-5-6-7-8-9-10-11-12-13-14-15-16-17-18-29-24-23(28)22(27)21(26)20(19-25)30-24/h20-28H,2-19H2,1H3/t20-,21-,22+,23-,24+/m1/s1. The summed E-state index contributed by atoms with van der Waals surface area (Å²) < 4.78 is 10.8. The van der Waals surface area contributed by atoms with Gasteiger partial charge in [0.1, 0.15) is 24.4 Å². The van der Waals surface area contributed by atoms with Crippen LogP contribution in [0.15, 0.2) is 0 Å². The summed E-state index contributed by atoms with van der Waals surface area (Å²) in [5.41, 5.74) is 0. The lowest BCUT2D eigenvalue weighted by Crippen LogP contribution is -2.59. The first-order valence-corrected chi connectivity index (χ1v) is 12.5. The van der Waals surface area contributed by atoms with Crippen molar-refractivity contribution in [1.29, 1.82) is 0 Å². The molecule has 1 heterocycles. The van der Waals surface area contributed by atoms with E-state index in [-0.39, 0.29) is 0 Å². The second kappa shape index (κ2) is 18.3. The molecule has 0 aromatic rings. The van der Waals surface area contributed by atoms with E-state index in [1.54, 1.807) is 0 Å². The van der Waals surface area contributed by atoms with Crippen LogP contribution in [0.5, 0.6) is 0 Å². The summed E-state index contributed by atoms with van der Waals surface area (Å²) in [7, 11) is 0. The zero-order valence-electron chi connectivity index (χ0n) is 19.2. The molecule has 1 fully saturated rings. The second-order valence-corrected chi connectivity index (χ2v) is 8.87. The van der Waals surface area contributed by atoms with Crippen LogP contribution in [0, 0.1) is 0 Å². The van der Waals surface area contributed by atoms with E-state index in [4.69, 9.17) is 9.47 Å². The van der Waals surface area contributed by atoms with Crippen LogP contribution in [0.4, 0.5) is 0 Å². The van der Waals surface area contributed by atoms with Crippen molar-refractivity contribution in [3.05, 3.63) is 0 Å². The Hall–Kier alpha value is -0.240. The van der Waals surface area contributed by atoms with E-state index in [1.165, 1.54) is 89.9 Å². The van der Waals surface area contributed by atoms with Crippen LogP contribution in [0.25, 0.3) is 0 Å². The van der Waals surface area contributed by atoms with Gasteiger partial charge in [0.15, 0.2) is 6.29 Å². The van der Waals surface area contributed by atoms with Crippen molar-refractivity contribution in [2.75, 3.05) is 13.2 Å². The van der Waals surface area contributed by atoms with Crippen molar-refractivity contribution in [3.8, 4) is 0 Å². The predicted molar refractivity (Wildman–Crippen MR) is 119 cm³/mol. The molecule has 0 spiro atoms. The van der Waals surface area contributed by atoms with Crippen LogP contribution in [-0.2, 0) is 9.47 Å². The highest BCUT2D eigenvalue weighted by Crippen LogP contribution is 2.22. The van der Waals surface area contributed by atoms with Crippen LogP contribution in [0.3, 0.4) is 0 Å². The summed E-state index contributed by atoms with van der Waals surface area (Å²) in [6.45, 7) is 2.27. The molecule has 0 aromatic heterocycles. The average molecular weight is 433 g/mol. The molecule has 1 saturated heterocycles. The summed E-state index contributed by atoms with van der Waals surface area (Å²) in [5, 5.41) is 38.6. The normalized spacial score (nSPS) is 26.9. The van der Waals surface area contributed by atoms with Crippen LogP contribution < -0.4 is 0 Å². The number of aliphatic hydroxyl groups is 4. The molecule has 1 rings (SSSR count). The maximum absolute atomic E-state index is 9.91. The Morgan fingerprint density at radius 3 is 1.47 bits per heavy atom. The third-order valence-electron chi connectivity index (χ3n) is 6.13. The highest BCUT2D eigenvalue weighted by molar-refractivity contribution is 4.88. The molecule has 0 bridgehead atoms. The number of ether oxygens (including phenoxy) is 2. The first-order chi connectivity index (χ1) is 14.6. The molecular weight excluding hydrogens is 384 g/mol. The fraction of sp³-hybridized carbons (Fsp3) is 1.00. The largest absolute Gasteiger partial charge is 0.394 e. The highest BCUT2D eigenvalue weighted by Gasteiger charge is 2.43. The topological polar surface area (TPSA) is 99.4 Å². The van der Waals surface area contributed by atoms with Gasteiger partial charge in [-0.2, -0.15) is 0 Å². The van der Waals surface area contributed by atoms with Gasteiger partial charge in [0.05, 0.1) is 6.61 Å². The first kappa shape index (κ1) is 27.8. The van der Waals surface area contributed by atoms with E-state index >= 15 is 0 Å². The van der Waals surface area contributed by atoms with E-state index in [1.807, 2.05) is 0 Å². The van der Waals surface area contributed by atoms with Gasteiger partial charge in [-0.25, -0.2) is 0 Å². The highest BCUT2D eigenvalue weighted by atomic mass is 16.7. The van der Waals surface area contributed by atoms with Crippen LogP contribution in [-0.4, -0.2) is 64.3 Å². The van der Waals surface area contributed by atoms with E-state index < -0.39 is 37.3 Å². The quantitative estimate of drug-likeness (QED) is 0.230. The van der Waals surface area contributed by atoms with Crippen molar-refractivity contribution in [2.24, 2.45) is 0 Å². The lowest BCUT2D eigenvalue weighted by atomic mass is 9.99. The van der Waals surface area contributed by atoms with Gasteiger partial charge in [0, 0.05) is 6.61 Å². The van der Waals surface area contributed by atoms with Gasteiger partial charge >= 0.3 is 0 Å². The Morgan fingerprint density at radius 2 is 1.03 bits per heavy atom. The zero-order valence-corrected chi connectivity index (χ0v) is 19.2. The van der Waals surface area contributed by atoms with Gasteiger partial charge in [-0.1, -0.05) is 103 Å². The minimum atomic E-state index is -1.37. The number of hydrogen-bond donors (Lipinski definition) is 4. The lowest BCUT2D eigenvalue weighted by molar-refractivity contribution is -0.301. The summed E-state index contributed by atoms with van der Waals surface area (Å²) >= 11 is 0. The van der Waals surface area contributed by atoms with Crippen LogP contribution >= 0.6 is 0 Å². The Labute approximate surface area is 184 Å². The van der Waals surface area contributed by atoms with Crippen molar-refractivity contribution in [1.82, 2.24) is 0 Å². The average Bonchev–Trinajstić information content (AvgIpc) is 2.75. The fourth-order valence-corrected chi connectivity index (χ4v) is 4.05. The molecule has 0 aromatic carbocycles. The minimum Gasteiger partial charge on any atom is -0.394 e. The molecular formula is C24H48O6. The lowest BCUT2D eigenvalue weighted by Gasteiger charge is -2.39. The summed E-state index contributed by atoms with van der Waals surface area (Å²) in [6.07, 6.45) is 15.0. The molecule has 180 valence electrons. The number of aliphatic hydroxyl groups excluding tert-OH is 4. The molecule has 5 atom stereocenters. The monoisotopic (exact) mass is 432 g/mol. The van der Waals surface area contributed by atoms with Crippen LogP contribution in [0.1, 0.15) is 110 Å². The molecule has 30 heavy (non-hydrogen) atoms. The molecule has 0 amide bonds. The third-order valence-corrected chi connectivity index (χ3v) is 6.13. The van der Waals surface area contributed by atoms with E-state index in [0.29, 0.717) is 6.61 Å². The van der Waals surface area contributed by atoms with E-state index in [2.05, 4.69) is 6.92 Å². The Kier molecular flexibility index (Phi) is 17.0. The number of rotatable bonds is 19. The Bertz CT molecular complexity index is 379. The molecule has 1 aliphatic rings. The molecule has 4 N–H and O–H groups in total. The minimum absolute atomic E-state index is 0.427. The third kappa shape index (κ3) is 12.0. The molecule has 0 unspecified atom stereocenters. The fourth-order valence-electron chi connectivity index (χ4n) is 4.05. The van der Waals surface area contributed by atoms with Crippen molar-refractivity contribution in [2.45, 2.75) is 140 Å². The van der Waals surface area contributed by atoms with Gasteiger partial charge in [-0.3, -0.25) is 0 Å². The van der Waals surface area contributed by atoms with Crippen molar-refractivity contribution >= 4 is 0 Å². The van der Waals surface area contributed by atoms with E-state index in [0.717, 1.165) is 12.8 Å². The van der Waals surface area contributed by atoms with Crippen LogP contribution in [0.2, 0.25) is 0 Å². The second-order valence-electron chi connectivity index (χ2n) is 8.87. The summed E-state index contributed by atoms with van der Waals surface area (Å²) in [4.78, 5) is 0. The van der Waals surface area contributed by atoms with E-state index in [9.17, 15) is 20.4 Å². The first-order valence-electron chi connectivity index (χ1n) is 12.5. The molecule has 6 heteroatoms. The molecule has 0 saturated carbocycles. The van der Waals surface area contributed by atoms with Gasteiger partial charge in [-0.05, 0) is 6.42 Å². The summed E-state index contributed by atoms with van der Waals surface area (Å²) in [5.74, 6) is 0.